The summed E-state index contributed by atoms with van der Waals surface area (Å²) >= 11 is 0. The van der Waals surface area contributed by atoms with Crippen LogP contribution in [0.4, 0.5) is 0 Å². The third-order valence-electron chi connectivity index (χ3n) is 4.49. The number of imidazole rings is 1. The van der Waals surface area contributed by atoms with Gasteiger partial charge in [0.2, 0.25) is 5.91 Å². The van der Waals surface area contributed by atoms with Gasteiger partial charge in [0.15, 0.2) is 0 Å². The average Bonchev–Trinajstić information content (AvgIpc) is 3.16. The number of H-pyrrole nitrogens is 2. The minimum absolute atomic E-state index is 0.0314. The number of hydrogen-bond acceptors (Lipinski definition) is 2. The van der Waals surface area contributed by atoms with E-state index in [-0.39, 0.29) is 5.91 Å². The van der Waals surface area contributed by atoms with E-state index in [0.29, 0.717) is 19.4 Å². The lowest BCUT2D eigenvalue weighted by Crippen LogP contribution is -2.27. The number of benzene rings is 2. The van der Waals surface area contributed by atoms with E-state index in [4.69, 9.17) is 0 Å². The molecule has 0 atom stereocenters. The first-order valence-corrected chi connectivity index (χ1v) is 8.47. The fourth-order valence-corrected chi connectivity index (χ4v) is 3.23. The molecule has 0 bridgehead atoms. The third kappa shape index (κ3) is 3.13. The van der Waals surface area contributed by atoms with E-state index in [9.17, 15) is 4.79 Å². The van der Waals surface area contributed by atoms with Crippen LogP contribution >= 0.6 is 0 Å². The Bertz CT molecular complexity index is 1010. The summed E-state index contributed by atoms with van der Waals surface area (Å²) in [7, 11) is 0. The maximum absolute atomic E-state index is 12.3. The van der Waals surface area contributed by atoms with Crippen molar-refractivity contribution < 1.29 is 4.79 Å². The molecule has 3 N–H and O–H groups in total. The first kappa shape index (κ1) is 15.4. The molecule has 0 spiro atoms. The zero-order valence-corrected chi connectivity index (χ0v) is 14.1. The number of nitrogens with zero attached hydrogens (tertiary/aromatic N) is 1. The van der Waals surface area contributed by atoms with E-state index in [1.165, 1.54) is 0 Å². The highest BCUT2D eigenvalue weighted by atomic mass is 16.1. The van der Waals surface area contributed by atoms with Gasteiger partial charge in [-0.2, -0.15) is 0 Å². The van der Waals surface area contributed by atoms with Gasteiger partial charge in [0.25, 0.3) is 0 Å². The zero-order chi connectivity index (χ0) is 17.2. The van der Waals surface area contributed by atoms with Crippen molar-refractivity contribution in [2.45, 2.75) is 19.8 Å². The Balaban J connectivity index is 1.38. The maximum atomic E-state index is 12.3. The summed E-state index contributed by atoms with van der Waals surface area (Å²) in [5.41, 5.74) is 5.17. The van der Waals surface area contributed by atoms with Crippen molar-refractivity contribution in [2.24, 2.45) is 0 Å². The van der Waals surface area contributed by atoms with Crippen LogP contribution in [0.15, 0.2) is 48.5 Å². The number of aromatic nitrogens is 3. The van der Waals surface area contributed by atoms with Crippen molar-refractivity contribution in [1.82, 2.24) is 20.3 Å². The Kier molecular flexibility index (Phi) is 3.98. The van der Waals surface area contributed by atoms with Crippen LogP contribution in [-0.4, -0.2) is 27.4 Å². The molecule has 0 saturated heterocycles. The minimum Gasteiger partial charge on any atom is -0.358 e. The van der Waals surface area contributed by atoms with Gasteiger partial charge >= 0.3 is 0 Å². The number of fused-ring (bicyclic) bond motifs is 2. The van der Waals surface area contributed by atoms with Gasteiger partial charge in [-0.1, -0.05) is 30.3 Å². The second kappa shape index (κ2) is 6.43. The normalized spacial score (nSPS) is 11.2. The maximum Gasteiger partial charge on any atom is 0.224 e. The molecule has 0 saturated carbocycles. The molecule has 0 aliphatic rings. The highest BCUT2D eigenvalue weighted by Gasteiger charge is 2.12. The van der Waals surface area contributed by atoms with Crippen LogP contribution in [0, 0.1) is 6.92 Å². The van der Waals surface area contributed by atoms with Crippen molar-refractivity contribution in [3.63, 3.8) is 0 Å². The lowest BCUT2D eigenvalue weighted by atomic mass is 10.1. The lowest BCUT2D eigenvalue weighted by molar-refractivity contribution is -0.120. The number of carbonyl (C=O) groups is 1. The number of amides is 1. The molecule has 0 aliphatic heterocycles. The number of para-hydroxylation sites is 3. The van der Waals surface area contributed by atoms with Crippen molar-refractivity contribution in [2.75, 3.05) is 6.54 Å². The summed E-state index contributed by atoms with van der Waals surface area (Å²) in [6.45, 7) is 2.58. The second-order valence-electron chi connectivity index (χ2n) is 6.25. The standard InChI is InChI=1S/C20H20N4O/c1-13-15(14-6-2-3-7-16(14)22-13)12-20(25)21-11-10-19-23-17-8-4-5-9-18(17)24-19/h2-9,22H,10-12H2,1H3,(H,21,25)(H,23,24). The van der Waals surface area contributed by atoms with Gasteiger partial charge in [-0.3, -0.25) is 4.79 Å². The van der Waals surface area contributed by atoms with Crippen LogP contribution < -0.4 is 5.32 Å². The fraction of sp³-hybridized carbons (Fsp3) is 0.200. The molecule has 0 unspecified atom stereocenters. The summed E-state index contributed by atoms with van der Waals surface area (Å²) in [5, 5.41) is 4.11. The number of aryl methyl sites for hydroxylation is 1. The smallest absolute Gasteiger partial charge is 0.224 e. The molecule has 2 aromatic carbocycles. The van der Waals surface area contributed by atoms with Crippen LogP contribution in [0.3, 0.4) is 0 Å². The molecule has 0 fully saturated rings. The highest BCUT2D eigenvalue weighted by molar-refractivity contribution is 5.90. The average molecular weight is 332 g/mol. The van der Waals surface area contributed by atoms with Gasteiger partial charge in [0.05, 0.1) is 17.5 Å². The van der Waals surface area contributed by atoms with E-state index < -0.39 is 0 Å². The summed E-state index contributed by atoms with van der Waals surface area (Å²) in [6, 6.07) is 16.0. The Labute approximate surface area is 145 Å². The number of carbonyl (C=O) groups excluding carboxylic acids is 1. The van der Waals surface area contributed by atoms with E-state index in [1.54, 1.807) is 0 Å². The van der Waals surface area contributed by atoms with Crippen molar-refractivity contribution in [1.29, 1.82) is 0 Å². The van der Waals surface area contributed by atoms with E-state index in [0.717, 1.165) is 39.0 Å². The van der Waals surface area contributed by atoms with Gasteiger partial charge in [0, 0.05) is 29.6 Å². The Morgan fingerprint density at radius 2 is 1.80 bits per heavy atom. The summed E-state index contributed by atoms with van der Waals surface area (Å²) < 4.78 is 0. The van der Waals surface area contributed by atoms with E-state index in [1.807, 2.05) is 49.4 Å². The number of aromatic amines is 2. The van der Waals surface area contributed by atoms with Crippen LogP contribution in [0.5, 0.6) is 0 Å². The molecule has 0 aliphatic carbocycles. The van der Waals surface area contributed by atoms with Gasteiger partial charge in [-0.25, -0.2) is 4.98 Å². The SMILES string of the molecule is Cc1[nH]c2ccccc2c1CC(=O)NCCc1nc2ccccc2[nH]1. The number of rotatable bonds is 5. The largest absolute Gasteiger partial charge is 0.358 e. The molecule has 2 aromatic heterocycles. The molecule has 4 aromatic rings. The first-order chi connectivity index (χ1) is 12.2. The van der Waals surface area contributed by atoms with E-state index in [2.05, 4.69) is 26.3 Å². The third-order valence-corrected chi connectivity index (χ3v) is 4.49. The quantitative estimate of drug-likeness (QED) is 0.525. The van der Waals surface area contributed by atoms with Gasteiger partial charge < -0.3 is 15.3 Å². The Hall–Kier alpha value is -3.08. The highest BCUT2D eigenvalue weighted by Crippen LogP contribution is 2.22. The van der Waals surface area contributed by atoms with Gasteiger partial charge in [-0.05, 0) is 30.7 Å². The summed E-state index contributed by atoms with van der Waals surface area (Å²) in [4.78, 5) is 23.5. The van der Waals surface area contributed by atoms with Crippen molar-refractivity contribution >= 4 is 27.8 Å². The Morgan fingerprint density at radius 3 is 2.64 bits per heavy atom. The van der Waals surface area contributed by atoms with Crippen LogP contribution in [0.1, 0.15) is 17.1 Å². The van der Waals surface area contributed by atoms with Gasteiger partial charge in [-0.15, -0.1) is 0 Å². The molecular weight excluding hydrogens is 312 g/mol. The fourth-order valence-electron chi connectivity index (χ4n) is 3.23. The molecular formula is C20H20N4O. The monoisotopic (exact) mass is 332 g/mol. The second-order valence-corrected chi connectivity index (χ2v) is 6.25. The molecule has 25 heavy (non-hydrogen) atoms. The zero-order valence-electron chi connectivity index (χ0n) is 14.1. The summed E-state index contributed by atoms with van der Waals surface area (Å²) in [6.07, 6.45) is 1.07. The lowest BCUT2D eigenvalue weighted by Gasteiger charge is -2.04. The van der Waals surface area contributed by atoms with Crippen LogP contribution in [0.25, 0.3) is 21.9 Å². The molecule has 5 nitrogen and oxygen atoms in total. The number of nitrogens with one attached hydrogen (secondary N) is 3. The molecule has 2 heterocycles. The van der Waals surface area contributed by atoms with Crippen LogP contribution in [-0.2, 0) is 17.6 Å². The van der Waals surface area contributed by atoms with Gasteiger partial charge in [0.1, 0.15) is 5.82 Å². The first-order valence-electron chi connectivity index (χ1n) is 8.47. The summed E-state index contributed by atoms with van der Waals surface area (Å²) in [5.74, 6) is 0.925. The molecule has 126 valence electrons. The van der Waals surface area contributed by atoms with E-state index >= 15 is 0 Å². The number of hydrogen-bond donors (Lipinski definition) is 3. The molecule has 4 rings (SSSR count). The minimum atomic E-state index is 0.0314. The predicted octanol–water partition coefficient (Wildman–Crippen LogP) is 3.25. The molecule has 0 radical (unpaired) electrons. The molecule has 5 heteroatoms. The topological polar surface area (TPSA) is 73.6 Å². The van der Waals surface area contributed by atoms with Crippen molar-refractivity contribution in [3.05, 3.63) is 65.6 Å². The van der Waals surface area contributed by atoms with Crippen LogP contribution in [0.2, 0.25) is 0 Å². The van der Waals surface area contributed by atoms with Crippen molar-refractivity contribution in [3.8, 4) is 0 Å². The molecule has 1 amide bonds. The Morgan fingerprint density at radius 1 is 1.04 bits per heavy atom. The predicted molar refractivity (Wildman–Crippen MR) is 99.5 cm³/mol.